The molecule has 1 aliphatic carbocycles. The predicted molar refractivity (Wildman–Crippen MR) is 96.9 cm³/mol. The van der Waals surface area contributed by atoms with Gasteiger partial charge in [-0.05, 0) is 36.1 Å². The molecular formula is C19H18N2O2S. The van der Waals surface area contributed by atoms with E-state index >= 15 is 0 Å². The van der Waals surface area contributed by atoms with Crippen molar-refractivity contribution in [1.29, 1.82) is 0 Å². The Bertz CT molecular complexity index is 872. The normalized spacial score (nSPS) is 19.2. The van der Waals surface area contributed by atoms with Crippen molar-refractivity contribution in [3.8, 4) is 5.75 Å². The zero-order chi connectivity index (χ0) is 16.7. The summed E-state index contributed by atoms with van der Waals surface area (Å²) in [6.45, 7) is 0. The van der Waals surface area contributed by atoms with E-state index in [4.69, 9.17) is 4.74 Å². The second-order valence-corrected chi connectivity index (χ2v) is 7.06. The smallest absolute Gasteiger partial charge is 0.232 e. The molecule has 0 unspecified atom stereocenters. The number of rotatable bonds is 4. The number of nitrogens with zero attached hydrogens (tertiary/aromatic N) is 2. The monoisotopic (exact) mass is 338 g/mol. The molecule has 0 aliphatic heterocycles. The molecule has 4 nitrogen and oxygen atoms in total. The molecule has 3 aromatic rings. The number of carbonyl (C=O) groups is 1. The molecule has 0 bridgehead atoms. The minimum atomic E-state index is 0.0123. The van der Waals surface area contributed by atoms with Crippen molar-refractivity contribution >= 4 is 32.6 Å². The van der Waals surface area contributed by atoms with E-state index in [0.29, 0.717) is 0 Å². The minimum Gasteiger partial charge on any atom is -0.496 e. The van der Waals surface area contributed by atoms with Crippen LogP contribution in [0.2, 0.25) is 0 Å². The predicted octanol–water partition coefficient (Wildman–Crippen LogP) is 4.07. The molecule has 122 valence electrons. The van der Waals surface area contributed by atoms with E-state index in [1.807, 2.05) is 49.5 Å². The Morgan fingerprint density at radius 1 is 1.21 bits per heavy atom. The summed E-state index contributed by atoms with van der Waals surface area (Å²) in [5.41, 5.74) is 2.06. The summed E-state index contributed by atoms with van der Waals surface area (Å²) in [5.74, 6) is 1.24. The highest BCUT2D eigenvalue weighted by molar-refractivity contribution is 7.22. The lowest BCUT2D eigenvalue weighted by Gasteiger charge is -2.14. The van der Waals surface area contributed by atoms with Gasteiger partial charge in [-0.2, -0.15) is 0 Å². The Morgan fingerprint density at radius 3 is 2.75 bits per heavy atom. The molecule has 1 amide bonds. The van der Waals surface area contributed by atoms with Gasteiger partial charge in [-0.25, -0.2) is 4.98 Å². The Morgan fingerprint density at radius 2 is 1.96 bits per heavy atom. The van der Waals surface area contributed by atoms with E-state index in [1.165, 1.54) is 0 Å². The average Bonchev–Trinajstić information content (AvgIpc) is 3.30. The molecular weight excluding hydrogens is 320 g/mol. The summed E-state index contributed by atoms with van der Waals surface area (Å²) >= 11 is 1.55. The molecule has 4 rings (SSSR count). The van der Waals surface area contributed by atoms with Crippen LogP contribution in [-0.4, -0.2) is 25.0 Å². The summed E-state index contributed by atoms with van der Waals surface area (Å²) < 4.78 is 6.53. The first kappa shape index (κ1) is 15.1. The van der Waals surface area contributed by atoms with Crippen LogP contribution in [0.15, 0.2) is 48.5 Å². The summed E-state index contributed by atoms with van der Waals surface area (Å²) in [5, 5.41) is 0.756. The lowest BCUT2D eigenvalue weighted by atomic mass is 10.1. The molecule has 1 aromatic heterocycles. The van der Waals surface area contributed by atoms with Crippen LogP contribution in [0.5, 0.6) is 5.75 Å². The maximum absolute atomic E-state index is 12.8. The van der Waals surface area contributed by atoms with E-state index in [0.717, 1.165) is 33.1 Å². The van der Waals surface area contributed by atoms with Crippen LogP contribution in [0.3, 0.4) is 0 Å². The Kier molecular flexibility index (Phi) is 3.73. The number of fused-ring (bicyclic) bond motifs is 1. The number of thiazole rings is 1. The van der Waals surface area contributed by atoms with Gasteiger partial charge in [-0.3, -0.25) is 9.69 Å². The van der Waals surface area contributed by atoms with Crippen molar-refractivity contribution in [2.45, 2.75) is 12.3 Å². The minimum absolute atomic E-state index is 0.0123. The fourth-order valence-corrected chi connectivity index (χ4v) is 4.06. The second-order valence-electron chi connectivity index (χ2n) is 6.05. The number of hydrogen-bond donors (Lipinski definition) is 0. The van der Waals surface area contributed by atoms with E-state index < -0.39 is 0 Å². The van der Waals surface area contributed by atoms with Crippen molar-refractivity contribution in [3.05, 3.63) is 54.1 Å². The van der Waals surface area contributed by atoms with Crippen molar-refractivity contribution in [2.24, 2.45) is 5.92 Å². The summed E-state index contributed by atoms with van der Waals surface area (Å²) in [4.78, 5) is 19.1. The quantitative estimate of drug-likeness (QED) is 0.720. The van der Waals surface area contributed by atoms with Crippen molar-refractivity contribution in [3.63, 3.8) is 0 Å². The van der Waals surface area contributed by atoms with Gasteiger partial charge in [0.25, 0.3) is 0 Å². The van der Waals surface area contributed by atoms with E-state index in [2.05, 4.69) is 11.1 Å². The van der Waals surface area contributed by atoms with Gasteiger partial charge in [0.05, 0.1) is 17.3 Å². The number of carbonyl (C=O) groups excluding carboxylic acids is 1. The van der Waals surface area contributed by atoms with Crippen LogP contribution in [0, 0.1) is 5.92 Å². The standard InChI is InChI=1S/C19H18N2O2S/c1-21(19-20-15-8-4-6-10-17(15)24-19)18(22)14-11-13(14)12-7-3-5-9-16(12)23-2/h3-10,13-14H,11H2,1-2H3/t13-,14-/m1/s1. The number of anilines is 1. The van der Waals surface area contributed by atoms with Gasteiger partial charge in [0.2, 0.25) is 5.91 Å². The summed E-state index contributed by atoms with van der Waals surface area (Å²) in [6, 6.07) is 15.9. The third kappa shape index (κ3) is 2.55. The number of methoxy groups -OCH3 is 1. The molecule has 5 heteroatoms. The third-order valence-corrected chi connectivity index (χ3v) is 5.66. The van der Waals surface area contributed by atoms with Gasteiger partial charge in [0, 0.05) is 13.0 Å². The first-order chi connectivity index (χ1) is 11.7. The van der Waals surface area contributed by atoms with Crippen LogP contribution in [0.25, 0.3) is 10.2 Å². The molecule has 2 aromatic carbocycles. The van der Waals surface area contributed by atoms with Crippen LogP contribution < -0.4 is 9.64 Å². The number of amides is 1. The van der Waals surface area contributed by atoms with Crippen LogP contribution in [-0.2, 0) is 4.79 Å². The largest absolute Gasteiger partial charge is 0.496 e. The third-order valence-electron chi connectivity index (χ3n) is 4.55. The number of hydrogen-bond acceptors (Lipinski definition) is 4. The van der Waals surface area contributed by atoms with Gasteiger partial charge in [0.15, 0.2) is 5.13 Å². The van der Waals surface area contributed by atoms with Gasteiger partial charge in [-0.15, -0.1) is 0 Å². The molecule has 24 heavy (non-hydrogen) atoms. The van der Waals surface area contributed by atoms with Crippen LogP contribution >= 0.6 is 11.3 Å². The fraction of sp³-hybridized carbons (Fsp3) is 0.263. The Balaban J connectivity index is 1.54. The molecule has 0 spiro atoms. The van der Waals surface area contributed by atoms with Crippen molar-refractivity contribution in [2.75, 3.05) is 19.1 Å². The first-order valence-electron chi connectivity index (χ1n) is 7.95. The molecule has 1 saturated carbocycles. The lowest BCUT2D eigenvalue weighted by Crippen LogP contribution is -2.28. The van der Waals surface area contributed by atoms with E-state index in [1.54, 1.807) is 23.3 Å². The van der Waals surface area contributed by atoms with Gasteiger partial charge in [0.1, 0.15) is 5.75 Å². The van der Waals surface area contributed by atoms with Gasteiger partial charge >= 0.3 is 0 Å². The zero-order valence-electron chi connectivity index (χ0n) is 13.6. The van der Waals surface area contributed by atoms with Crippen molar-refractivity contribution < 1.29 is 9.53 Å². The fourth-order valence-electron chi connectivity index (χ4n) is 3.13. The molecule has 1 fully saturated rings. The van der Waals surface area contributed by atoms with E-state index in [-0.39, 0.29) is 17.7 Å². The summed E-state index contributed by atoms with van der Waals surface area (Å²) in [7, 11) is 3.49. The second kappa shape index (κ2) is 5.91. The van der Waals surface area contributed by atoms with Gasteiger partial charge < -0.3 is 4.74 Å². The maximum Gasteiger partial charge on any atom is 0.232 e. The SMILES string of the molecule is COc1ccccc1[C@H]1C[C@H]1C(=O)N(C)c1nc2ccccc2s1. The highest BCUT2D eigenvalue weighted by Crippen LogP contribution is 2.51. The maximum atomic E-state index is 12.8. The number of ether oxygens (including phenoxy) is 1. The Hall–Kier alpha value is -2.40. The van der Waals surface area contributed by atoms with Crippen molar-refractivity contribution in [1.82, 2.24) is 4.98 Å². The van der Waals surface area contributed by atoms with Crippen LogP contribution in [0.1, 0.15) is 17.9 Å². The molecule has 1 heterocycles. The van der Waals surface area contributed by atoms with Gasteiger partial charge in [-0.1, -0.05) is 41.7 Å². The number of benzene rings is 2. The average molecular weight is 338 g/mol. The molecule has 1 aliphatic rings. The topological polar surface area (TPSA) is 42.4 Å². The van der Waals surface area contributed by atoms with Crippen LogP contribution in [0.4, 0.5) is 5.13 Å². The molecule has 0 N–H and O–H groups in total. The lowest BCUT2D eigenvalue weighted by molar-refractivity contribution is -0.119. The van der Waals surface area contributed by atoms with E-state index in [9.17, 15) is 4.79 Å². The number of para-hydroxylation sites is 2. The summed E-state index contributed by atoms with van der Waals surface area (Å²) in [6.07, 6.45) is 0.869. The molecule has 2 atom stereocenters. The molecule has 0 radical (unpaired) electrons. The Labute approximate surface area is 144 Å². The highest BCUT2D eigenvalue weighted by Gasteiger charge is 2.46. The zero-order valence-corrected chi connectivity index (χ0v) is 14.4. The highest BCUT2D eigenvalue weighted by atomic mass is 32.1. The first-order valence-corrected chi connectivity index (χ1v) is 8.76. The molecule has 0 saturated heterocycles. The number of aromatic nitrogens is 1.